The van der Waals surface area contributed by atoms with E-state index in [1.165, 1.54) is 6.20 Å². The van der Waals surface area contributed by atoms with E-state index in [2.05, 4.69) is 9.97 Å². The summed E-state index contributed by atoms with van der Waals surface area (Å²) in [5, 5.41) is 8.71. The molecule has 0 aliphatic rings. The second-order valence-electron chi connectivity index (χ2n) is 2.67. The maximum atomic E-state index is 10.6. The van der Waals surface area contributed by atoms with E-state index < -0.39 is 5.97 Å². The molecule has 0 aliphatic carbocycles. The van der Waals surface area contributed by atoms with E-state index in [1.807, 2.05) is 0 Å². The third-order valence-electron chi connectivity index (χ3n) is 1.81. The minimum atomic E-state index is -1.07. The molecule has 0 fully saturated rings. The largest absolute Gasteiger partial charge is 0.476 e. The first-order valence-corrected chi connectivity index (χ1v) is 4.38. The monoisotopic (exact) mass is 211 g/mol. The highest BCUT2D eigenvalue weighted by molar-refractivity contribution is 6.16. The predicted octanol–water partition coefficient (Wildman–Crippen LogP) is 1.17. The number of carboxylic acid groups (broad SMARTS) is 1. The molecule has 5 nitrogen and oxygen atoms in total. The van der Waals surface area contributed by atoms with Gasteiger partial charge in [0.2, 0.25) is 5.78 Å². The normalized spacial score (nSPS) is 10.6. The maximum Gasteiger partial charge on any atom is 0.356 e. The van der Waals surface area contributed by atoms with E-state index >= 15 is 0 Å². The summed E-state index contributed by atoms with van der Waals surface area (Å²) in [5.41, 5.74) is 0.728. The number of halogens is 1. The van der Waals surface area contributed by atoms with E-state index in [0.717, 1.165) is 5.69 Å². The van der Waals surface area contributed by atoms with Crippen molar-refractivity contribution in [3.8, 4) is 0 Å². The van der Waals surface area contributed by atoms with E-state index in [9.17, 15) is 4.79 Å². The van der Waals surface area contributed by atoms with Crippen LogP contribution >= 0.6 is 11.6 Å². The van der Waals surface area contributed by atoms with E-state index in [4.69, 9.17) is 16.7 Å². The number of hydrogen-bond donors (Lipinski definition) is 1. The lowest BCUT2D eigenvalue weighted by atomic mass is 10.4. The van der Waals surface area contributed by atoms with Crippen LogP contribution in [0.5, 0.6) is 0 Å². The topological polar surface area (TPSA) is 67.5 Å². The van der Waals surface area contributed by atoms with Crippen molar-refractivity contribution in [2.75, 3.05) is 0 Å². The molecule has 0 amide bonds. The van der Waals surface area contributed by atoms with Crippen LogP contribution in [-0.4, -0.2) is 25.4 Å². The molecule has 6 heteroatoms. The summed E-state index contributed by atoms with van der Waals surface area (Å²) in [5.74, 6) is -0.439. The molecule has 0 aromatic carbocycles. The van der Waals surface area contributed by atoms with Crippen molar-refractivity contribution in [3.63, 3.8) is 0 Å². The van der Waals surface area contributed by atoms with Crippen LogP contribution in [0.25, 0.3) is 5.78 Å². The van der Waals surface area contributed by atoms with E-state index in [-0.39, 0.29) is 11.6 Å². The molecular weight excluding hydrogens is 206 g/mol. The van der Waals surface area contributed by atoms with Gasteiger partial charge in [-0.25, -0.2) is 14.8 Å². The molecule has 0 aliphatic heterocycles. The first-order chi connectivity index (χ1) is 6.72. The van der Waals surface area contributed by atoms with Crippen LogP contribution in [0.15, 0.2) is 18.5 Å². The van der Waals surface area contributed by atoms with Gasteiger partial charge in [-0.1, -0.05) is 0 Å². The van der Waals surface area contributed by atoms with Crippen molar-refractivity contribution >= 4 is 23.3 Å². The molecule has 0 atom stereocenters. The second-order valence-corrected chi connectivity index (χ2v) is 2.94. The smallest absolute Gasteiger partial charge is 0.356 e. The Morgan fingerprint density at radius 3 is 3.07 bits per heavy atom. The molecule has 0 saturated carbocycles. The van der Waals surface area contributed by atoms with Crippen LogP contribution in [0, 0.1) is 0 Å². The number of rotatable bonds is 2. The SMILES string of the molecule is O=C(O)c1cn2c(CCl)ccnc2n1. The van der Waals surface area contributed by atoms with Gasteiger partial charge in [0.05, 0.1) is 5.88 Å². The molecule has 1 N–H and O–H groups in total. The van der Waals surface area contributed by atoms with Gasteiger partial charge in [0.15, 0.2) is 5.69 Å². The van der Waals surface area contributed by atoms with Crippen molar-refractivity contribution < 1.29 is 9.90 Å². The number of alkyl halides is 1. The van der Waals surface area contributed by atoms with Crippen LogP contribution < -0.4 is 0 Å². The van der Waals surface area contributed by atoms with Gasteiger partial charge in [-0.2, -0.15) is 0 Å². The molecule has 0 radical (unpaired) electrons. The standard InChI is InChI=1S/C8H6ClN3O2/c9-3-5-1-2-10-8-11-6(7(13)14)4-12(5)8/h1-2,4H,3H2,(H,13,14). The summed E-state index contributed by atoms with van der Waals surface area (Å²) in [6, 6.07) is 1.72. The van der Waals surface area contributed by atoms with Crippen molar-refractivity contribution in [1.82, 2.24) is 14.4 Å². The first-order valence-electron chi connectivity index (χ1n) is 3.84. The van der Waals surface area contributed by atoms with Crippen LogP contribution in [0.3, 0.4) is 0 Å². The van der Waals surface area contributed by atoms with Crippen molar-refractivity contribution in [2.45, 2.75) is 5.88 Å². The third-order valence-corrected chi connectivity index (χ3v) is 2.08. The quantitative estimate of drug-likeness (QED) is 0.757. The van der Waals surface area contributed by atoms with Crippen LogP contribution in [-0.2, 0) is 5.88 Å². The Morgan fingerprint density at radius 1 is 1.64 bits per heavy atom. The Kier molecular flexibility index (Phi) is 2.09. The van der Waals surface area contributed by atoms with Gasteiger partial charge in [-0.05, 0) is 6.07 Å². The van der Waals surface area contributed by atoms with Crippen LogP contribution in [0.2, 0.25) is 0 Å². The van der Waals surface area contributed by atoms with Gasteiger partial charge in [0.25, 0.3) is 0 Å². The number of aromatic nitrogens is 3. The fourth-order valence-electron chi connectivity index (χ4n) is 1.16. The Morgan fingerprint density at radius 2 is 2.43 bits per heavy atom. The first kappa shape index (κ1) is 8.96. The van der Waals surface area contributed by atoms with Gasteiger partial charge in [0, 0.05) is 18.1 Å². The average molecular weight is 212 g/mol. The Labute approximate surface area is 84.0 Å². The molecule has 14 heavy (non-hydrogen) atoms. The van der Waals surface area contributed by atoms with Gasteiger partial charge in [0.1, 0.15) is 0 Å². The summed E-state index contributed by atoms with van der Waals surface area (Å²) < 4.78 is 1.57. The molecule has 0 unspecified atom stereocenters. The molecule has 0 bridgehead atoms. The zero-order chi connectivity index (χ0) is 10.1. The average Bonchev–Trinajstić information content (AvgIpc) is 2.60. The summed E-state index contributed by atoms with van der Waals surface area (Å²) in [7, 11) is 0. The van der Waals surface area contributed by atoms with Gasteiger partial charge >= 0.3 is 5.97 Å². The van der Waals surface area contributed by atoms with E-state index in [0.29, 0.717) is 5.78 Å². The highest BCUT2D eigenvalue weighted by Gasteiger charge is 2.10. The zero-order valence-electron chi connectivity index (χ0n) is 7.01. The predicted molar refractivity (Wildman–Crippen MR) is 49.5 cm³/mol. The minimum Gasteiger partial charge on any atom is -0.476 e. The fourth-order valence-corrected chi connectivity index (χ4v) is 1.37. The molecule has 0 saturated heterocycles. The highest BCUT2D eigenvalue weighted by Crippen LogP contribution is 2.08. The maximum absolute atomic E-state index is 10.6. The molecule has 2 aromatic heterocycles. The molecule has 2 rings (SSSR count). The second kappa shape index (κ2) is 3.26. The number of nitrogens with zero attached hydrogens (tertiary/aromatic N) is 3. The lowest BCUT2D eigenvalue weighted by Crippen LogP contribution is -1.95. The molecule has 2 aromatic rings. The number of fused-ring (bicyclic) bond motifs is 1. The molecule has 2 heterocycles. The van der Waals surface area contributed by atoms with Crippen LogP contribution in [0.4, 0.5) is 0 Å². The fraction of sp³-hybridized carbons (Fsp3) is 0.125. The lowest BCUT2D eigenvalue weighted by molar-refractivity contribution is 0.0691. The number of aromatic carboxylic acids is 1. The molecule has 72 valence electrons. The Bertz CT molecular complexity index is 494. The summed E-state index contributed by atoms with van der Waals surface area (Å²) in [6.07, 6.45) is 2.95. The van der Waals surface area contributed by atoms with Crippen molar-refractivity contribution in [3.05, 3.63) is 29.8 Å². The molecular formula is C8H6ClN3O2. The van der Waals surface area contributed by atoms with Gasteiger partial charge in [-0.15, -0.1) is 11.6 Å². The van der Waals surface area contributed by atoms with Gasteiger partial charge in [-0.3, -0.25) is 4.40 Å². The Balaban J connectivity index is 2.70. The van der Waals surface area contributed by atoms with Crippen molar-refractivity contribution in [1.29, 1.82) is 0 Å². The van der Waals surface area contributed by atoms with Crippen LogP contribution in [0.1, 0.15) is 16.2 Å². The lowest BCUT2D eigenvalue weighted by Gasteiger charge is -1.97. The summed E-state index contributed by atoms with van der Waals surface area (Å²) >= 11 is 5.67. The number of imidazole rings is 1. The van der Waals surface area contributed by atoms with Gasteiger partial charge < -0.3 is 5.11 Å². The zero-order valence-corrected chi connectivity index (χ0v) is 7.77. The Hall–Kier alpha value is -1.62. The number of hydrogen-bond acceptors (Lipinski definition) is 3. The third kappa shape index (κ3) is 1.31. The summed E-state index contributed by atoms with van der Waals surface area (Å²) in [6.45, 7) is 0. The number of carbonyl (C=O) groups is 1. The van der Waals surface area contributed by atoms with Crippen molar-refractivity contribution in [2.24, 2.45) is 0 Å². The molecule has 0 spiro atoms. The number of carboxylic acids is 1. The highest BCUT2D eigenvalue weighted by atomic mass is 35.5. The minimum absolute atomic E-state index is 0.0323. The summed E-state index contributed by atoms with van der Waals surface area (Å²) in [4.78, 5) is 18.4. The van der Waals surface area contributed by atoms with E-state index in [1.54, 1.807) is 16.7 Å².